The molecule has 3 fully saturated rings. The minimum Gasteiger partial charge on any atom is -0.466 e. The lowest BCUT2D eigenvalue weighted by Crippen LogP contribution is -2.53. The van der Waals surface area contributed by atoms with Crippen LogP contribution in [0.3, 0.4) is 0 Å². The Balaban J connectivity index is 0.00000272. The molecule has 5 nitrogen and oxygen atoms in total. The Labute approximate surface area is 192 Å². The molecule has 6 heteroatoms. The summed E-state index contributed by atoms with van der Waals surface area (Å²) < 4.78 is 5.56. The maximum Gasteiger partial charge on any atom is 0.320 e. The SMILES string of the molecule is CCOC(=O)C1(C2CCCCC2)CCN(C(=O)N2CCCC2c2ccccc2)CC1.Cl. The molecule has 4 rings (SSSR count). The number of piperidine rings is 1. The first-order valence-electron chi connectivity index (χ1n) is 11.9. The summed E-state index contributed by atoms with van der Waals surface area (Å²) in [6.45, 7) is 4.46. The first-order valence-corrected chi connectivity index (χ1v) is 11.9. The van der Waals surface area contributed by atoms with Crippen molar-refractivity contribution in [1.82, 2.24) is 9.80 Å². The van der Waals surface area contributed by atoms with Crippen LogP contribution in [0.4, 0.5) is 4.79 Å². The molecule has 2 saturated heterocycles. The molecular weight excluding hydrogens is 412 g/mol. The van der Waals surface area contributed by atoms with Crippen molar-refractivity contribution >= 4 is 24.4 Å². The number of carbonyl (C=O) groups excluding carboxylic acids is 2. The number of benzene rings is 1. The number of likely N-dealkylation sites (tertiary alicyclic amines) is 2. The number of ether oxygens (including phenoxy) is 1. The zero-order valence-corrected chi connectivity index (χ0v) is 19.6. The zero-order chi connectivity index (χ0) is 21.0. The van der Waals surface area contributed by atoms with E-state index in [0.29, 0.717) is 25.6 Å². The van der Waals surface area contributed by atoms with Gasteiger partial charge in [-0.25, -0.2) is 4.79 Å². The van der Waals surface area contributed by atoms with Crippen molar-refractivity contribution in [2.24, 2.45) is 11.3 Å². The number of nitrogens with zero attached hydrogens (tertiary/aromatic N) is 2. The number of amides is 2. The number of hydrogen-bond acceptors (Lipinski definition) is 3. The molecule has 0 bridgehead atoms. The molecule has 3 aliphatic rings. The smallest absolute Gasteiger partial charge is 0.320 e. The average Bonchev–Trinajstić information content (AvgIpc) is 3.30. The monoisotopic (exact) mass is 448 g/mol. The van der Waals surface area contributed by atoms with Gasteiger partial charge in [0.1, 0.15) is 0 Å². The van der Waals surface area contributed by atoms with E-state index in [-0.39, 0.29) is 30.4 Å². The Kier molecular flexibility index (Phi) is 8.26. The highest BCUT2D eigenvalue weighted by Gasteiger charge is 2.49. The summed E-state index contributed by atoms with van der Waals surface area (Å²) >= 11 is 0. The van der Waals surface area contributed by atoms with Gasteiger partial charge in [-0.2, -0.15) is 0 Å². The van der Waals surface area contributed by atoms with E-state index in [0.717, 1.165) is 45.1 Å². The van der Waals surface area contributed by atoms with Crippen LogP contribution in [0.15, 0.2) is 30.3 Å². The second kappa shape index (κ2) is 10.7. The van der Waals surface area contributed by atoms with Crippen LogP contribution in [0.2, 0.25) is 0 Å². The fourth-order valence-corrected chi connectivity index (χ4v) is 6.01. The lowest BCUT2D eigenvalue weighted by atomic mass is 9.64. The van der Waals surface area contributed by atoms with Gasteiger partial charge in [0.25, 0.3) is 0 Å². The van der Waals surface area contributed by atoms with E-state index < -0.39 is 5.41 Å². The average molecular weight is 449 g/mol. The van der Waals surface area contributed by atoms with Crippen LogP contribution < -0.4 is 0 Å². The second-order valence-corrected chi connectivity index (χ2v) is 9.24. The number of urea groups is 1. The first kappa shape index (κ1) is 23.9. The Bertz CT molecular complexity index is 728. The van der Waals surface area contributed by atoms with Crippen molar-refractivity contribution in [3.63, 3.8) is 0 Å². The molecule has 2 aliphatic heterocycles. The molecule has 1 aromatic carbocycles. The molecule has 1 aliphatic carbocycles. The van der Waals surface area contributed by atoms with E-state index in [1.54, 1.807) is 0 Å². The third kappa shape index (κ3) is 4.87. The summed E-state index contributed by atoms with van der Waals surface area (Å²) in [5.74, 6) is 0.388. The highest BCUT2D eigenvalue weighted by molar-refractivity contribution is 5.85. The Morgan fingerprint density at radius 2 is 1.65 bits per heavy atom. The van der Waals surface area contributed by atoms with Crippen molar-refractivity contribution in [3.05, 3.63) is 35.9 Å². The largest absolute Gasteiger partial charge is 0.466 e. The summed E-state index contributed by atoms with van der Waals surface area (Å²) in [5, 5.41) is 0. The van der Waals surface area contributed by atoms with E-state index in [1.165, 1.54) is 24.8 Å². The van der Waals surface area contributed by atoms with Crippen LogP contribution in [-0.4, -0.2) is 48.0 Å². The third-order valence-electron chi connectivity index (χ3n) is 7.68. The number of rotatable bonds is 4. The van der Waals surface area contributed by atoms with Gasteiger partial charge < -0.3 is 14.5 Å². The van der Waals surface area contributed by atoms with Crippen molar-refractivity contribution < 1.29 is 14.3 Å². The summed E-state index contributed by atoms with van der Waals surface area (Å²) in [7, 11) is 0. The van der Waals surface area contributed by atoms with Crippen molar-refractivity contribution in [3.8, 4) is 0 Å². The van der Waals surface area contributed by atoms with Gasteiger partial charge in [-0.05, 0) is 56.9 Å². The highest BCUT2D eigenvalue weighted by atomic mass is 35.5. The molecule has 2 heterocycles. The van der Waals surface area contributed by atoms with E-state index in [4.69, 9.17) is 4.74 Å². The topological polar surface area (TPSA) is 49.9 Å². The first-order chi connectivity index (χ1) is 14.7. The molecule has 172 valence electrons. The van der Waals surface area contributed by atoms with Gasteiger partial charge in [-0.3, -0.25) is 4.79 Å². The third-order valence-corrected chi connectivity index (χ3v) is 7.68. The van der Waals surface area contributed by atoms with Gasteiger partial charge in [0.05, 0.1) is 18.1 Å². The molecule has 1 aromatic rings. The van der Waals surface area contributed by atoms with Crippen LogP contribution in [0.1, 0.15) is 76.3 Å². The Morgan fingerprint density at radius 1 is 0.968 bits per heavy atom. The molecule has 1 atom stereocenters. The number of esters is 1. The molecule has 0 spiro atoms. The molecule has 2 amide bonds. The van der Waals surface area contributed by atoms with Gasteiger partial charge in [-0.15, -0.1) is 12.4 Å². The molecule has 31 heavy (non-hydrogen) atoms. The predicted octanol–water partition coefficient (Wildman–Crippen LogP) is 5.59. The van der Waals surface area contributed by atoms with Crippen LogP contribution in [0.5, 0.6) is 0 Å². The lowest BCUT2D eigenvalue weighted by molar-refractivity contribution is -0.164. The zero-order valence-electron chi connectivity index (χ0n) is 18.8. The Hall–Kier alpha value is -1.75. The standard InChI is InChI=1S/C25H36N2O3.ClH/c1-2-30-23(28)25(21-12-7-4-8-13-21)15-18-26(19-16-25)24(29)27-17-9-14-22(27)20-10-5-3-6-11-20;/h3,5-6,10-11,21-22H,2,4,7-9,12-19H2,1H3;1H. The van der Waals surface area contributed by atoms with E-state index in [2.05, 4.69) is 24.3 Å². The van der Waals surface area contributed by atoms with E-state index in [1.807, 2.05) is 22.8 Å². The second-order valence-electron chi connectivity index (χ2n) is 9.24. The minimum absolute atomic E-state index is 0. The number of carbonyl (C=O) groups is 2. The van der Waals surface area contributed by atoms with Gasteiger partial charge in [0.2, 0.25) is 0 Å². The summed E-state index contributed by atoms with van der Waals surface area (Å²) in [4.78, 5) is 30.5. The van der Waals surface area contributed by atoms with Gasteiger partial charge in [0, 0.05) is 19.6 Å². The van der Waals surface area contributed by atoms with Gasteiger partial charge >= 0.3 is 12.0 Å². The molecule has 0 N–H and O–H groups in total. The van der Waals surface area contributed by atoms with Crippen LogP contribution in [-0.2, 0) is 9.53 Å². The molecular formula is C25H37ClN2O3. The summed E-state index contributed by atoms with van der Waals surface area (Å²) in [5.41, 5.74) is 0.834. The fraction of sp³-hybridized carbons (Fsp3) is 0.680. The number of halogens is 1. The van der Waals surface area contributed by atoms with Gasteiger partial charge in [-0.1, -0.05) is 49.6 Å². The molecule has 0 radical (unpaired) electrons. The van der Waals surface area contributed by atoms with E-state index >= 15 is 0 Å². The highest BCUT2D eigenvalue weighted by Crippen LogP contribution is 2.47. The summed E-state index contributed by atoms with van der Waals surface area (Å²) in [6, 6.07) is 10.7. The van der Waals surface area contributed by atoms with Crippen LogP contribution in [0.25, 0.3) is 0 Å². The fourth-order valence-electron chi connectivity index (χ4n) is 6.01. The van der Waals surface area contributed by atoms with Gasteiger partial charge in [0.15, 0.2) is 0 Å². The number of hydrogen-bond donors (Lipinski definition) is 0. The maximum absolute atomic E-state index is 13.4. The van der Waals surface area contributed by atoms with Crippen molar-refractivity contribution in [2.75, 3.05) is 26.2 Å². The van der Waals surface area contributed by atoms with Crippen molar-refractivity contribution in [1.29, 1.82) is 0 Å². The van der Waals surface area contributed by atoms with Crippen LogP contribution >= 0.6 is 12.4 Å². The minimum atomic E-state index is -0.392. The Morgan fingerprint density at radius 3 is 2.29 bits per heavy atom. The lowest BCUT2D eigenvalue weighted by Gasteiger charge is -2.46. The van der Waals surface area contributed by atoms with Crippen LogP contribution in [0, 0.1) is 11.3 Å². The molecule has 1 unspecified atom stereocenters. The predicted molar refractivity (Wildman–Crippen MR) is 124 cm³/mol. The molecule has 0 aromatic heterocycles. The maximum atomic E-state index is 13.4. The summed E-state index contributed by atoms with van der Waals surface area (Å²) in [6.07, 6.45) is 9.49. The normalized spacial score (nSPS) is 23.8. The van der Waals surface area contributed by atoms with E-state index in [9.17, 15) is 9.59 Å². The van der Waals surface area contributed by atoms with Crippen molar-refractivity contribution in [2.45, 2.75) is 70.8 Å². The quantitative estimate of drug-likeness (QED) is 0.564. The molecule has 1 saturated carbocycles.